The molecular formula is C21H28N4O2. The number of benzene rings is 1. The molecule has 6 nitrogen and oxygen atoms in total. The molecule has 0 spiro atoms. The molecule has 0 atom stereocenters. The summed E-state index contributed by atoms with van der Waals surface area (Å²) in [5.74, 6) is 1.43. The van der Waals surface area contributed by atoms with E-state index in [1.165, 1.54) is 5.56 Å². The number of nitrogens with zero attached hydrogens (tertiary/aromatic N) is 3. The molecule has 27 heavy (non-hydrogen) atoms. The Balaban J connectivity index is 1.75. The largest absolute Gasteiger partial charge is 0.378 e. The van der Waals surface area contributed by atoms with Crippen LogP contribution in [0.25, 0.3) is 0 Å². The maximum absolute atomic E-state index is 12.8. The third kappa shape index (κ3) is 4.63. The summed E-state index contributed by atoms with van der Waals surface area (Å²) in [6, 6.07) is 9.97. The first-order valence-corrected chi connectivity index (χ1v) is 9.38. The highest BCUT2D eigenvalue weighted by atomic mass is 16.5. The Morgan fingerprint density at radius 1 is 1.26 bits per heavy atom. The molecule has 0 saturated heterocycles. The molecule has 2 aromatic rings. The number of rotatable bonds is 5. The highest BCUT2D eigenvalue weighted by Crippen LogP contribution is 2.27. The van der Waals surface area contributed by atoms with E-state index < -0.39 is 0 Å². The van der Waals surface area contributed by atoms with Crippen LogP contribution in [0.4, 0.5) is 11.5 Å². The van der Waals surface area contributed by atoms with Crippen LogP contribution in [0.2, 0.25) is 0 Å². The lowest BCUT2D eigenvalue weighted by atomic mass is 9.95. The van der Waals surface area contributed by atoms with Crippen LogP contribution >= 0.6 is 0 Å². The lowest BCUT2D eigenvalue weighted by Gasteiger charge is -2.29. The monoisotopic (exact) mass is 368 g/mol. The fourth-order valence-electron chi connectivity index (χ4n) is 3.20. The van der Waals surface area contributed by atoms with E-state index in [-0.39, 0.29) is 17.9 Å². The van der Waals surface area contributed by atoms with Gasteiger partial charge in [0.1, 0.15) is 11.6 Å². The van der Waals surface area contributed by atoms with Gasteiger partial charge in [-0.15, -0.1) is 0 Å². The van der Waals surface area contributed by atoms with Gasteiger partial charge in [0.25, 0.3) is 0 Å². The third-order valence-corrected chi connectivity index (χ3v) is 4.57. The molecule has 2 heterocycles. The average molecular weight is 368 g/mol. The molecule has 0 bridgehead atoms. The SMILES string of the molecule is COCc1cc(NCC(=O)N2CCCc3ccccc32)nc(C(C)(C)C)n1. The van der Waals surface area contributed by atoms with Crippen molar-refractivity contribution in [1.29, 1.82) is 0 Å². The van der Waals surface area contributed by atoms with Crippen molar-refractivity contribution in [3.05, 3.63) is 47.4 Å². The number of hydrogen-bond donors (Lipinski definition) is 1. The summed E-state index contributed by atoms with van der Waals surface area (Å²) < 4.78 is 5.22. The number of para-hydroxylation sites is 1. The average Bonchev–Trinajstić information content (AvgIpc) is 2.65. The first kappa shape index (κ1) is 19.3. The molecule has 1 aromatic heterocycles. The molecule has 1 aromatic carbocycles. The van der Waals surface area contributed by atoms with Crippen molar-refractivity contribution >= 4 is 17.4 Å². The van der Waals surface area contributed by atoms with E-state index in [4.69, 9.17) is 4.74 Å². The molecule has 6 heteroatoms. The second-order valence-electron chi connectivity index (χ2n) is 7.88. The van der Waals surface area contributed by atoms with Crippen molar-refractivity contribution in [2.45, 2.75) is 45.6 Å². The molecule has 1 aliphatic rings. The van der Waals surface area contributed by atoms with Gasteiger partial charge in [-0.05, 0) is 24.5 Å². The molecule has 144 valence electrons. The van der Waals surface area contributed by atoms with Gasteiger partial charge in [0.05, 0.1) is 18.8 Å². The predicted molar refractivity (Wildman–Crippen MR) is 107 cm³/mol. The first-order chi connectivity index (χ1) is 12.9. The summed E-state index contributed by atoms with van der Waals surface area (Å²) >= 11 is 0. The highest BCUT2D eigenvalue weighted by Gasteiger charge is 2.23. The van der Waals surface area contributed by atoms with Gasteiger partial charge in [0, 0.05) is 30.8 Å². The number of aromatic nitrogens is 2. The van der Waals surface area contributed by atoms with Gasteiger partial charge in [0.2, 0.25) is 5.91 Å². The van der Waals surface area contributed by atoms with Crippen molar-refractivity contribution in [1.82, 2.24) is 9.97 Å². The van der Waals surface area contributed by atoms with Gasteiger partial charge in [0.15, 0.2) is 0 Å². The third-order valence-electron chi connectivity index (χ3n) is 4.57. The standard InChI is InChI=1S/C21H28N4O2/c1-21(2,3)20-23-16(14-27-4)12-18(24-20)22-13-19(26)25-11-7-9-15-8-5-6-10-17(15)25/h5-6,8,10,12H,7,9,11,13-14H2,1-4H3,(H,22,23,24). The number of methoxy groups -OCH3 is 1. The molecule has 1 N–H and O–H groups in total. The van der Waals surface area contributed by atoms with Crippen LogP contribution in [0.3, 0.4) is 0 Å². The summed E-state index contributed by atoms with van der Waals surface area (Å²) in [4.78, 5) is 23.9. The van der Waals surface area contributed by atoms with Crippen molar-refractivity contribution in [3.63, 3.8) is 0 Å². The van der Waals surface area contributed by atoms with Crippen LogP contribution in [-0.4, -0.2) is 36.1 Å². The quantitative estimate of drug-likeness (QED) is 0.877. The number of amides is 1. The lowest BCUT2D eigenvalue weighted by molar-refractivity contribution is -0.117. The van der Waals surface area contributed by atoms with Crippen LogP contribution in [-0.2, 0) is 28.0 Å². The van der Waals surface area contributed by atoms with Crippen molar-refractivity contribution in [2.24, 2.45) is 0 Å². The Morgan fingerprint density at radius 2 is 2.04 bits per heavy atom. The predicted octanol–water partition coefficient (Wildman–Crippen LogP) is 3.31. The zero-order valence-electron chi connectivity index (χ0n) is 16.6. The maximum atomic E-state index is 12.8. The maximum Gasteiger partial charge on any atom is 0.246 e. The number of carbonyl (C=O) groups excluding carboxylic acids is 1. The molecule has 3 rings (SSSR count). The molecule has 1 aliphatic heterocycles. The minimum absolute atomic E-state index is 0.0476. The van der Waals surface area contributed by atoms with Crippen molar-refractivity contribution in [3.8, 4) is 0 Å². The smallest absolute Gasteiger partial charge is 0.246 e. The van der Waals surface area contributed by atoms with E-state index in [0.717, 1.165) is 36.6 Å². The number of hydrogen-bond acceptors (Lipinski definition) is 5. The molecule has 0 fully saturated rings. The summed E-state index contributed by atoms with van der Waals surface area (Å²) in [5, 5.41) is 3.19. The second-order valence-corrected chi connectivity index (χ2v) is 7.88. The molecule has 0 saturated carbocycles. The zero-order chi connectivity index (χ0) is 19.4. The van der Waals surface area contributed by atoms with Crippen LogP contribution in [0.5, 0.6) is 0 Å². The van der Waals surface area contributed by atoms with E-state index in [2.05, 4.69) is 42.1 Å². The fraction of sp³-hybridized carbons (Fsp3) is 0.476. The van der Waals surface area contributed by atoms with E-state index in [0.29, 0.717) is 12.4 Å². The molecule has 0 radical (unpaired) electrons. The van der Waals surface area contributed by atoms with Gasteiger partial charge >= 0.3 is 0 Å². The highest BCUT2D eigenvalue weighted by molar-refractivity contribution is 5.97. The number of carbonyl (C=O) groups is 1. The second kappa shape index (κ2) is 8.05. The van der Waals surface area contributed by atoms with Crippen molar-refractivity contribution < 1.29 is 9.53 Å². The van der Waals surface area contributed by atoms with E-state index >= 15 is 0 Å². The van der Waals surface area contributed by atoms with Crippen molar-refractivity contribution in [2.75, 3.05) is 30.4 Å². The van der Waals surface area contributed by atoms with Gasteiger partial charge < -0.3 is 15.0 Å². The van der Waals surface area contributed by atoms with Crippen LogP contribution in [0, 0.1) is 0 Å². The minimum Gasteiger partial charge on any atom is -0.378 e. The lowest BCUT2D eigenvalue weighted by Crippen LogP contribution is -2.39. The van der Waals surface area contributed by atoms with Gasteiger partial charge in [-0.2, -0.15) is 0 Å². The van der Waals surface area contributed by atoms with E-state index in [1.54, 1.807) is 7.11 Å². The van der Waals surface area contributed by atoms with Crippen LogP contribution < -0.4 is 10.2 Å². The first-order valence-electron chi connectivity index (χ1n) is 9.38. The Labute approximate surface area is 161 Å². The van der Waals surface area contributed by atoms with Gasteiger partial charge in [-0.25, -0.2) is 9.97 Å². The molecule has 1 amide bonds. The van der Waals surface area contributed by atoms with Crippen LogP contribution in [0.15, 0.2) is 30.3 Å². The van der Waals surface area contributed by atoms with Gasteiger partial charge in [-0.1, -0.05) is 39.0 Å². The summed E-state index contributed by atoms with van der Waals surface area (Å²) in [5.41, 5.74) is 2.87. The molecule has 0 unspecified atom stereocenters. The van der Waals surface area contributed by atoms with E-state index in [9.17, 15) is 4.79 Å². The Hall–Kier alpha value is -2.47. The molecule has 0 aliphatic carbocycles. The Kier molecular flexibility index (Phi) is 5.75. The number of ether oxygens (including phenoxy) is 1. The Morgan fingerprint density at radius 3 is 2.78 bits per heavy atom. The topological polar surface area (TPSA) is 67.3 Å². The summed E-state index contributed by atoms with van der Waals surface area (Å²) in [6.45, 7) is 7.56. The summed E-state index contributed by atoms with van der Waals surface area (Å²) in [6.07, 6.45) is 2.01. The number of anilines is 2. The molecular weight excluding hydrogens is 340 g/mol. The minimum atomic E-state index is -0.185. The fourth-order valence-corrected chi connectivity index (χ4v) is 3.20. The van der Waals surface area contributed by atoms with Crippen LogP contribution in [0.1, 0.15) is 44.3 Å². The van der Waals surface area contributed by atoms with Gasteiger partial charge in [-0.3, -0.25) is 4.79 Å². The number of nitrogens with one attached hydrogen (secondary N) is 1. The van der Waals surface area contributed by atoms with E-state index in [1.807, 2.05) is 29.2 Å². The number of fused-ring (bicyclic) bond motifs is 1. The summed E-state index contributed by atoms with van der Waals surface area (Å²) in [7, 11) is 1.64. The zero-order valence-corrected chi connectivity index (χ0v) is 16.6. The number of aryl methyl sites for hydroxylation is 1. The normalized spacial score (nSPS) is 14.0. The Bertz CT molecular complexity index is 814.